The summed E-state index contributed by atoms with van der Waals surface area (Å²) in [5, 5.41) is 0. The summed E-state index contributed by atoms with van der Waals surface area (Å²) in [7, 11) is 0. The SMILES string of the molecule is CCOC(=O)CCN1CCN(C(C)CC)CC1. The molecule has 1 aliphatic heterocycles. The van der Waals surface area contributed by atoms with Crippen molar-refractivity contribution < 1.29 is 9.53 Å². The van der Waals surface area contributed by atoms with Crippen LogP contribution in [0.25, 0.3) is 0 Å². The van der Waals surface area contributed by atoms with Crippen molar-refractivity contribution in [2.45, 2.75) is 39.7 Å². The molecule has 0 bridgehead atoms. The van der Waals surface area contributed by atoms with Gasteiger partial charge in [-0.2, -0.15) is 0 Å². The highest BCUT2D eigenvalue weighted by atomic mass is 16.5. The Morgan fingerprint density at radius 1 is 1.24 bits per heavy atom. The Kier molecular flexibility index (Phi) is 6.52. The van der Waals surface area contributed by atoms with Crippen LogP contribution in [0.3, 0.4) is 0 Å². The van der Waals surface area contributed by atoms with Crippen LogP contribution >= 0.6 is 0 Å². The smallest absolute Gasteiger partial charge is 0.307 e. The van der Waals surface area contributed by atoms with E-state index in [9.17, 15) is 4.79 Å². The number of hydrogen-bond donors (Lipinski definition) is 0. The molecule has 0 aromatic carbocycles. The number of carbonyl (C=O) groups is 1. The second-order valence-corrected chi connectivity index (χ2v) is 4.69. The van der Waals surface area contributed by atoms with Gasteiger partial charge in [-0.3, -0.25) is 9.69 Å². The van der Waals surface area contributed by atoms with Gasteiger partial charge in [0.1, 0.15) is 0 Å². The molecule has 0 aliphatic carbocycles. The third kappa shape index (κ3) is 5.04. The molecule has 0 radical (unpaired) electrons. The van der Waals surface area contributed by atoms with Gasteiger partial charge in [0.2, 0.25) is 0 Å². The molecule has 17 heavy (non-hydrogen) atoms. The average molecular weight is 242 g/mol. The molecule has 0 aromatic rings. The second kappa shape index (κ2) is 7.67. The van der Waals surface area contributed by atoms with Crippen molar-refractivity contribution in [3.05, 3.63) is 0 Å². The monoisotopic (exact) mass is 242 g/mol. The van der Waals surface area contributed by atoms with E-state index >= 15 is 0 Å². The standard InChI is InChI=1S/C13H26N2O2/c1-4-12(3)15-10-8-14(9-11-15)7-6-13(16)17-5-2/h12H,4-11H2,1-3H3. The summed E-state index contributed by atoms with van der Waals surface area (Å²) >= 11 is 0. The summed E-state index contributed by atoms with van der Waals surface area (Å²) in [5.74, 6) is -0.0724. The highest BCUT2D eigenvalue weighted by molar-refractivity contribution is 5.69. The topological polar surface area (TPSA) is 32.8 Å². The normalized spacial score (nSPS) is 20.2. The number of piperazine rings is 1. The van der Waals surface area contributed by atoms with Gasteiger partial charge in [0.25, 0.3) is 0 Å². The van der Waals surface area contributed by atoms with E-state index in [0.29, 0.717) is 19.1 Å². The molecule has 0 spiro atoms. The van der Waals surface area contributed by atoms with Crippen LogP contribution in [0.2, 0.25) is 0 Å². The first kappa shape index (κ1) is 14.5. The van der Waals surface area contributed by atoms with Crippen LogP contribution in [-0.2, 0) is 9.53 Å². The molecule has 4 nitrogen and oxygen atoms in total. The minimum Gasteiger partial charge on any atom is -0.466 e. The van der Waals surface area contributed by atoms with Crippen LogP contribution in [0.15, 0.2) is 0 Å². The number of carbonyl (C=O) groups excluding carboxylic acids is 1. The quantitative estimate of drug-likeness (QED) is 0.658. The lowest BCUT2D eigenvalue weighted by atomic mass is 10.2. The average Bonchev–Trinajstić information content (AvgIpc) is 2.36. The summed E-state index contributed by atoms with van der Waals surface area (Å²) in [6.07, 6.45) is 1.74. The van der Waals surface area contributed by atoms with Gasteiger partial charge in [-0.25, -0.2) is 0 Å². The van der Waals surface area contributed by atoms with Crippen LogP contribution in [0.1, 0.15) is 33.6 Å². The Hall–Kier alpha value is -0.610. The molecule has 0 N–H and O–H groups in total. The summed E-state index contributed by atoms with van der Waals surface area (Å²) in [5.41, 5.74) is 0. The van der Waals surface area contributed by atoms with E-state index in [4.69, 9.17) is 4.74 Å². The Balaban J connectivity index is 2.17. The molecule has 100 valence electrons. The number of nitrogens with zero attached hydrogens (tertiary/aromatic N) is 2. The van der Waals surface area contributed by atoms with E-state index in [1.165, 1.54) is 6.42 Å². The maximum Gasteiger partial charge on any atom is 0.307 e. The molecule has 4 heteroatoms. The van der Waals surface area contributed by atoms with Crippen molar-refractivity contribution in [1.82, 2.24) is 9.80 Å². The minimum absolute atomic E-state index is 0.0724. The lowest BCUT2D eigenvalue weighted by molar-refractivity contribution is -0.143. The zero-order chi connectivity index (χ0) is 12.7. The van der Waals surface area contributed by atoms with Crippen molar-refractivity contribution in [2.75, 3.05) is 39.3 Å². The van der Waals surface area contributed by atoms with Crippen molar-refractivity contribution in [1.29, 1.82) is 0 Å². The first-order valence-corrected chi connectivity index (χ1v) is 6.79. The molecule has 1 rings (SSSR count). The lowest BCUT2D eigenvalue weighted by Gasteiger charge is -2.37. The minimum atomic E-state index is -0.0724. The van der Waals surface area contributed by atoms with Gasteiger partial charge < -0.3 is 9.64 Å². The fraction of sp³-hybridized carbons (Fsp3) is 0.923. The third-order valence-electron chi connectivity index (χ3n) is 3.56. The zero-order valence-corrected chi connectivity index (χ0v) is 11.4. The molecular weight excluding hydrogens is 216 g/mol. The van der Waals surface area contributed by atoms with Crippen molar-refractivity contribution in [2.24, 2.45) is 0 Å². The van der Waals surface area contributed by atoms with Crippen molar-refractivity contribution in [3.8, 4) is 0 Å². The maximum atomic E-state index is 11.2. The van der Waals surface area contributed by atoms with Gasteiger partial charge in [-0.05, 0) is 20.3 Å². The predicted octanol–water partition coefficient (Wildman–Crippen LogP) is 1.36. The van der Waals surface area contributed by atoms with E-state index in [2.05, 4.69) is 23.6 Å². The summed E-state index contributed by atoms with van der Waals surface area (Å²) in [4.78, 5) is 16.1. The number of hydrogen-bond acceptors (Lipinski definition) is 4. The van der Waals surface area contributed by atoms with Crippen LogP contribution in [0.5, 0.6) is 0 Å². The van der Waals surface area contributed by atoms with Crippen LogP contribution in [0.4, 0.5) is 0 Å². The van der Waals surface area contributed by atoms with Crippen molar-refractivity contribution >= 4 is 5.97 Å². The number of rotatable bonds is 6. The van der Waals surface area contributed by atoms with Crippen LogP contribution in [-0.4, -0.2) is 61.1 Å². The Morgan fingerprint density at radius 2 is 1.88 bits per heavy atom. The molecule has 0 amide bonds. The first-order valence-electron chi connectivity index (χ1n) is 6.79. The fourth-order valence-electron chi connectivity index (χ4n) is 2.17. The highest BCUT2D eigenvalue weighted by Crippen LogP contribution is 2.08. The molecule has 1 saturated heterocycles. The first-order chi connectivity index (χ1) is 8.17. The van der Waals surface area contributed by atoms with E-state index in [1.54, 1.807) is 0 Å². The zero-order valence-electron chi connectivity index (χ0n) is 11.4. The van der Waals surface area contributed by atoms with Gasteiger partial charge in [0, 0.05) is 38.8 Å². The summed E-state index contributed by atoms with van der Waals surface area (Å²) in [6, 6.07) is 0.683. The van der Waals surface area contributed by atoms with Gasteiger partial charge in [-0.1, -0.05) is 6.92 Å². The molecule has 1 heterocycles. The van der Waals surface area contributed by atoms with E-state index in [1.807, 2.05) is 6.92 Å². The number of ether oxygens (including phenoxy) is 1. The predicted molar refractivity (Wildman–Crippen MR) is 69.0 cm³/mol. The highest BCUT2D eigenvalue weighted by Gasteiger charge is 2.20. The largest absolute Gasteiger partial charge is 0.466 e. The summed E-state index contributed by atoms with van der Waals surface area (Å²) in [6.45, 7) is 12.1. The summed E-state index contributed by atoms with van der Waals surface area (Å²) < 4.78 is 4.93. The van der Waals surface area contributed by atoms with Crippen LogP contribution in [0, 0.1) is 0 Å². The van der Waals surface area contributed by atoms with Gasteiger partial charge in [0.15, 0.2) is 0 Å². The second-order valence-electron chi connectivity index (χ2n) is 4.69. The van der Waals surface area contributed by atoms with Gasteiger partial charge in [0.05, 0.1) is 13.0 Å². The number of esters is 1. The van der Waals surface area contributed by atoms with Crippen LogP contribution < -0.4 is 0 Å². The lowest BCUT2D eigenvalue weighted by Crippen LogP contribution is -2.49. The van der Waals surface area contributed by atoms with Gasteiger partial charge >= 0.3 is 5.97 Å². The Morgan fingerprint density at radius 3 is 2.41 bits per heavy atom. The maximum absolute atomic E-state index is 11.2. The molecule has 1 atom stereocenters. The molecule has 1 aliphatic rings. The van der Waals surface area contributed by atoms with Gasteiger partial charge in [-0.15, -0.1) is 0 Å². The molecule has 1 fully saturated rings. The fourth-order valence-corrected chi connectivity index (χ4v) is 2.17. The third-order valence-corrected chi connectivity index (χ3v) is 3.56. The molecule has 0 saturated carbocycles. The Bertz CT molecular complexity index is 225. The van der Waals surface area contributed by atoms with E-state index in [-0.39, 0.29) is 5.97 Å². The van der Waals surface area contributed by atoms with Crippen molar-refractivity contribution in [3.63, 3.8) is 0 Å². The molecule has 1 unspecified atom stereocenters. The molecular formula is C13H26N2O2. The molecule has 0 aromatic heterocycles. The Labute approximate surface area is 105 Å². The van der Waals surface area contributed by atoms with E-state index < -0.39 is 0 Å². The van der Waals surface area contributed by atoms with E-state index in [0.717, 1.165) is 32.7 Å².